The van der Waals surface area contributed by atoms with E-state index in [9.17, 15) is 9.59 Å². The molecule has 3 aromatic carbocycles. The van der Waals surface area contributed by atoms with Gasteiger partial charge in [0.15, 0.2) is 0 Å². The van der Waals surface area contributed by atoms with E-state index in [1.165, 1.54) is 4.90 Å². The van der Waals surface area contributed by atoms with Crippen LogP contribution in [0.1, 0.15) is 25.0 Å². The lowest BCUT2D eigenvalue weighted by Gasteiger charge is -2.27. The highest BCUT2D eigenvalue weighted by Gasteiger charge is 2.22. The van der Waals surface area contributed by atoms with E-state index in [0.29, 0.717) is 5.82 Å². The Balaban J connectivity index is 1.55. The van der Waals surface area contributed by atoms with Crippen molar-refractivity contribution in [2.75, 3.05) is 17.2 Å². The van der Waals surface area contributed by atoms with Crippen LogP contribution in [0.15, 0.2) is 84.9 Å². The molecule has 4 aromatic rings. The largest absolute Gasteiger partial charge is 0.322 e. The normalized spacial score (nSPS) is 10.8. The number of amides is 3. The molecule has 3 amide bonds. The number of hydrogen-bond donors (Lipinski definition) is 2. The Hall–Kier alpha value is -4.39. The van der Waals surface area contributed by atoms with Crippen LogP contribution < -0.4 is 10.6 Å². The van der Waals surface area contributed by atoms with Gasteiger partial charge in [-0.3, -0.25) is 4.79 Å². The van der Waals surface area contributed by atoms with E-state index in [1.54, 1.807) is 4.68 Å². The van der Waals surface area contributed by atoms with Crippen molar-refractivity contribution >= 4 is 23.4 Å². The van der Waals surface area contributed by atoms with E-state index in [1.807, 2.05) is 113 Å². The Morgan fingerprint density at radius 3 is 2.22 bits per heavy atom. The van der Waals surface area contributed by atoms with Gasteiger partial charge in [-0.2, -0.15) is 5.10 Å². The van der Waals surface area contributed by atoms with Crippen LogP contribution in [0, 0.1) is 13.8 Å². The van der Waals surface area contributed by atoms with Gasteiger partial charge in [-0.1, -0.05) is 60.7 Å². The van der Waals surface area contributed by atoms with Crippen molar-refractivity contribution < 1.29 is 9.59 Å². The molecule has 0 unspecified atom stereocenters. The van der Waals surface area contributed by atoms with Crippen LogP contribution >= 0.6 is 0 Å². The van der Waals surface area contributed by atoms with Gasteiger partial charge in [0, 0.05) is 23.4 Å². The summed E-state index contributed by atoms with van der Waals surface area (Å²) in [4.78, 5) is 27.8. The van der Waals surface area contributed by atoms with Gasteiger partial charge in [-0.15, -0.1) is 0 Å². The number of urea groups is 1. The zero-order chi connectivity index (χ0) is 25.7. The fraction of sp³-hybridized carbons (Fsp3) is 0.207. The molecule has 7 nitrogen and oxygen atoms in total. The molecule has 0 atom stereocenters. The molecule has 0 radical (unpaired) electrons. The summed E-state index contributed by atoms with van der Waals surface area (Å²) in [6.07, 6.45) is 0. The first-order chi connectivity index (χ1) is 17.3. The highest BCUT2D eigenvalue weighted by atomic mass is 16.2. The van der Waals surface area contributed by atoms with Crippen LogP contribution in [-0.4, -0.2) is 39.2 Å². The Morgan fingerprint density at radius 2 is 1.56 bits per heavy atom. The summed E-state index contributed by atoms with van der Waals surface area (Å²) < 4.78 is 1.70. The van der Waals surface area contributed by atoms with Gasteiger partial charge < -0.3 is 15.5 Å². The number of anilines is 2. The Morgan fingerprint density at radius 1 is 0.889 bits per heavy atom. The van der Waals surface area contributed by atoms with Crippen LogP contribution in [0.2, 0.25) is 0 Å². The van der Waals surface area contributed by atoms with E-state index in [0.717, 1.165) is 33.8 Å². The molecule has 0 aliphatic rings. The Kier molecular flexibility index (Phi) is 7.49. The third kappa shape index (κ3) is 5.63. The summed E-state index contributed by atoms with van der Waals surface area (Å²) in [5, 5.41) is 10.7. The molecule has 36 heavy (non-hydrogen) atoms. The first kappa shape index (κ1) is 24.7. The monoisotopic (exact) mass is 481 g/mol. The maximum absolute atomic E-state index is 13.2. The molecule has 0 saturated heterocycles. The molecular weight excluding hydrogens is 450 g/mol. The number of carbonyl (C=O) groups excluding carboxylic acids is 2. The van der Waals surface area contributed by atoms with Crippen LogP contribution in [-0.2, 0) is 4.79 Å². The smallest absolute Gasteiger partial charge is 0.313 e. The number of benzene rings is 3. The highest BCUT2D eigenvalue weighted by Crippen LogP contribution is 2.25. The van der Waals surface area contributed by atoms with Crippen molar-refractivity contribution in [1.82, 2.24) is 14.7 Å². The van der Waals surface area contributed by atoms with Crippen molar-refractivity contribution in [3.8, 4) is 16.9 Å². The molecule has 0 bridgehead atoms. The molecule has 2 N–H and O–H groups in total. The summed E-state index contributed by atoms with van der Waals surface area (Å²) in [7, 11) is 0. The molecule has 184 valence electrons. The lowest BCUT2D eigenvalue weighted by atomic mass is 10.1. The number of nitrogens with zero attached hydrogens (tertiary/aromatic N) is 3. The van der Waals surface area contributed by atoms with Crippen LogP contribution in [0.25, 0.3) is 16.9 Å². The minimum Gasteiger partial charge on any atom is -0.313 e. The van der Waals surface area contributed by atoms with E-state index >= 15 is 0 Å². The Bertz CT molecular complexity index is 1350. The second-order valence-corrected chi connectivity index (χ2v) is 8.98. The van der Waals surface area contributed by atoms with Gasteiger partial charge >= 0.3 is 6.03 Å². The average molecular weight is 482 g/mol. The van der Waals surface area contributed by atoms with Crippen LogP contribution in [0.3, 0.4) is 0 Å². The molecule has 0 aliphatic carbocycles. The molecular formula is C29H31N5O2. The second-order valence-electron chi connectivity index (χ2n) is 8.98. The van der Waals surface area contributed by atoms with Crippen molar-refractivity contribution in [2.45, 2.75) is 33.7 Å². The van der Waals surface area contributed by atoms with E-state index in [-0.39, 0.29) is 24.5 Å². The van der Waals surface area contributed by atoms with E-state index < -0.39 is 0 Å². The van der Waals surface area contributed by atoms with Crippen molar-refractivity contribution in [3.63, 3.8) is 0 Å². The third-order valence-electron chi connectivity index (χ3n) is 6.09. The lowest BCUT2D eigenvalue weighted by molar-refractivity contribution is -0.117. The third-order valence-corrected chi connectivity index (χ3v) is 6.09. The van der Waals surface area contributed by atoms with E-state index in [4.69, 9.17) is 5.10 Å². The van der Waals surface area contributed by atoms with Gasteiger partial charge in [0.25, 0.3) is 0 Å². The van der Waals surface area contributed by atoms with Gasteiger partial charge in [0.05, 0.1) is 11.4 Å². The predicted molar refractivity (Wildman–Crippen MR) is 144 cm³/mol. The molecule has 1 aromatic heterocycles. The molecule has 4 rings (SSSR count). The van der Waals surface area contributed by atoms with Crippen molar-refractivity contribution in [3.05, 3.63) is 96.1 Å². The first-order valence-electron chi connectivity index (χ1n) is 12.0. The molecule has 1 heterocycles. The fourth-order valence-electron chi connectivity index (χ4n) is 3.89. The summed E-state index contributed by atoms with van der Waals surface area (Å²) in [5.74, 6) is 0.222. The summed E-state index contributed by atoms with van der Waals surface area (Å²) in [6.45, 7) is 7.63. The number of hydrogen-bond acceptors (Lipinski definition) is 3. The number of carbonyl (C=O) groups is 2. The zero-order valence-corrected chi connectivity index (χ0v) is 21.0. The number of para-hydroxylation sites is 1. The van der Waals surface area contributed by atoms with Gasteiger partial charge in [0.2, 0.25) is 5.91 Å². The zero-order valence-electron chi connectivity index (χ0n) is 21.0. The molecule has 7 heteroatoms. The topological polar surface area (TPSA) is 79.3 Å². The second kappa shape index (κ2) is 10.9. The fourth-order valence-corrected chi connectivity index (χ4v) is 3.89. The molecule has 0 fully saturated rings. The summed E-state index contributed by atoms with van der Waals surface area (Å²) in [6, 6.07) is 26.5. The standard InChI is InChI=1S/C29H31N5O2/c1-20(2)33(29(36)30-25-17-11-12-21(3)22(25)4)19-28(35)31-27-18-26(23-13-7-5-8-14-23)32-34(27)24-15-9-6-10-16-24/h5-18,20H,19H2,1-4H3,(H,30,36)(H,31,35). The van der Waals surface area contributed by atoms with Gasteiger partial charge in [-0.25, -0.2) is 9.48 Å². The number of aryl methyl sites for hydroxylation is 1. The van der Waals surface area contributed by atoms with E-state index in [2.05, 4.69) is 10.6 Å². The van der Waals surface area contributed by atoms with Crippen LogP contribution in [0.4, 0.5) is 16.3 Å². The number of aromatic nitrogens is 2. The number of rotatable bonds is 7. The maximum Gasteiger partial charge on any atom is 0.322 e. The van der Waals surface area contributed by atoms with Crippen molar-refractivity contribution in [2.24, 2.45) is 0 Å². The molecule has 0 spiro atoms. The van der Waals surface area contributed by atoms with Crippen molar-refractivity contribution in [1.29, 1.82) is 0 Å². The minimum atomic E-state index is -0.324. The molecule has 0 saturated carbocycles. The molecule has 0 aliphatic heterocycles. The lowest BCUT2D eigenvalue weighted by Crippen LogP contribution is -2.44. The predicted octanol–water partition coefficient (Wildman–Crippen LogP) is 6.04. The maximum atomic E-state index is 13.2. The Labute approximate surface area is 211 Å². The summed E-state index contributed by atoms with van der Waals surface area (Å²) >= 11 is 0. The van der Waals surface area contributed by atoms with Gasteiger partial charge in [-0.05, 0) is 57.0 Å². The number of nitrogens with one attached hydrogen (secondary N) is 2. The quantitative estimate of drug-likeness (QED) is 0.338. The summed E-state index contributed by atoms with van der Waals surface area (Å²) in [5.41, 5.74) is 5.33. The highest BCUT2D eigenvalue weighted by molar-refractivity contribution is 5.97. The first-order valence-corrected chi connectivity index (χ1v) is 12.0. The van der Waals surface area contributed by atoms with Gasteiger partial charge in [0.1, 0.15) is 12.4 Å². The van der Waals surface area contributed by atoms with Crippen LogP contribution in [0.5, 0.6) is 0 Å². The average Bonchev–Trinajstić information content (AvgIpc) is 3.30. The minimum absolute atomic E-state index is 0.102. The SMILES string of the molecule is Cc1cccc(NC(=O)N(CC(=O)Nc2cc(-c3ccccc3)nn2-c2ccccc2)C(C)C)c1C.